The molecular weight excluding hydrogens is 584 g/mol. The van der Waals surface area contributed by atoms with Crippen molar-refractivity contribution in [2.75, 3.05) is 79.3 Å². The second-order valence-corrected chi connectivity index (χ2v) is 10.9. The number of hydrogen-bond acceptors (Lipinski definition) is 11. The van der Waals surface area contributed by atoms with Gasteiger partial charge in [-0.1, -0.05) is 35.4 Å². The van der Waals surface area contributed by atoms with Gasteiger partial charge in [-0.3, -0.25) is 9.11 Å². The van der Waals surface area contributed by atoms with E-state index in [1.54, 1.807) is 24.3 Å². The molecule has 0 aliphatic rings. The number of aliphatic hydroxyl groups is 2. The van der Waals surface area contributed by atoms with Crippen molar-refractivity contribution in [3.05, 3.63) is 59.7 Å². The fraction of sp³-hybridized carbons (Fsp3) is 0.538. The van der Waals surface area contributed by atoms with Crippen LogP contribution in [-0.4, -0.2) is 115 Å². The molecule has 0 aromatic heterocycles. The van der Waals surface area contributed by atoms with Crippen molar-refractivity contribution in [1.82, 2.24) is 0 Å². The van der Waals surface area contributed by atoms with E-state index in [-0.39, 0.29) is 23.0 Å². The summed E-state index contributed by atoms with van der Waals surface area (Å²) in [7, 11) is -8.04. The van der Waals surface area contributed by atoms with Crippen molar-refractivity contribution in [3.8, 4) is 0 Å². The van der Waals surface area contributed by atoms with Gasteiger partial charge in [-0.05, 0) is 38.1 Å². The van der Waals surface area contributed by atoms with E-state index in [9.17, 15) is 16.8 Å². The minimum atomic E-state index is -4.02. The third-order valence-corrected chi connectivity index (χ3v) is 6.33. The molecule has 0 radical (unpaired) electrons. The second kappa shape index (κ2) is 23.5. The standard InChI is InChI=1S/C12H26O7.2C7H8O3S/c13-1-3-15-5-7-17-9-11-19-12-10-18-8-6-16-4-2-14;2*1-6-2-4-7(5-3-6)11(8,9)10/h13-14H,1-12H2;2*2-5H,1H3,(H,8,9,10). The molecule has 15 heteroatoms. The van der Waals surface area contributed by atoms with Crippen LogP contribution in [-0.2, 0) is 43.9 Å². The highest BCUT2D eigenvalue weighted by atomic mass is 32.2. The van der Waals surface area contributed by atoms with Gasteiger partial charge in [0, 0.05) is 0 Å². The third-order valence-electron chi connectivity index (χ3n) is 4.60. The second-order valence-electron chi connectivity index (χ2n) is 8.09. The van der Waals surface area contributed by atoms with Crippen LogP contribution in [0.15, 0.2) is 58.3 Å². The lowest BCUT2D eigenvalue weighted by Gasteiger charge is -2.07. The first-order chi connectivity index (χ1) is 19.4. The van der Waals surface area contributed by atoms with Crippen molar-refractivity contribution in [3.63, 3.8) is 0 Å². The maximum Gasteiger partial charge on any atom is 0.294 e. The molecule has 2 rings (SSSR count). The molecule has 0 atom stereocenters. The molecule has 0 aliphatic carbocycles. The molecule has 236 valence electrons. The highest BCUT2D eigenvalue weighted by molar-refractivity contribution is 7.86. The first-order valence-electron chi connectivity index (χ1n) is 12.6. The van der Waals surface area contributed by atoms with Gasteiger partial charge in [-0.2, -0.15) is 16.8 Å². The third kappa shape index (κ3) is 23.3. The van der Waals surface area contributed by atoms with Crippen LogP contribution in [0.3, 0.4) is 0 Å². The quantitative estimate of drug-likeness (QED) is 0.138. The SMILES string of the molecule is Cc1ccc(S(=O)(=O)O)cc1.Cc1ccc(S(=O)(=O)O)cc1.OCCOCCOCCOCCOCCOCCO. The van der Waals surface area contributed by atoms with E-state index in [0.717, 1.165) is 11.1 Å². The average Bonchev–Trinajstić information content (AvgIpc) is 2.91. The average molecular weight is 627 g/mol. The van der Waals surface area contributed by atoms with Crippen LogP contribution >= 0.6 is 0 Å². The number of aliphatic hydroxyl groups excluding tert-OH is 2. The lowest BCUT2D eigenvalue weighted by atomic mass is 10.2. The minimum absolute atomic E-state index is 0.0359. The van der Waals surface area contributed by atoms with Crippen LogP contribution in [0.4, 0.5) is 0 Å². The van der Waals surface area contributed by atoms with Gasteiger partial charge >= 0.3 is 0 Å². The molecule has 0 unspecified atom stereocenters. The largest absolute Gasteiger partial charge is 0.394 e. The first-order valence-corrected chi connectivity index (χ1v) is 15.5. The fourth-order valence-corrected chi connectivity index (χ4v) is 3.49. The van der Waals surface area contributed by atoms with Gasteiger partial charge in [-0.15, -0.1) is 0 Å². The zero-order chi connectivity index (χ0) is 31.0. The fourth-order valence-electron chi connectivity index (χ4n) is 2.53. The van der Waals surface area contributed by atoms with E-state index in [4.69, 9.17) is 43.0 Å². The normalized spacial score (nSPS) is 11.3. The van der Waals surface area contributed by atoms with Crippen molar-refractivity contribution in [1.29, 1.82) is 0 Å². The number of rotatable bonds is 18. The maximum atomic E-state index is 10.5. The molecule has 0 fully saturated rings. The summed E-state index contributed by atoms with van der Waals surface area (Å²) in [5.74, 6) is 0. The summed E-state index contributed by atoms with van der Waals surface area (Å²) in [5.41, 5.74) is 1.91. The molecule has 2 aromatic rings. The summed E-state index contributed by atoms with van der Waals surface area (Å²) in [6.45, 7) is 8.49. The Morgan fingerprint density at radius 3 is 0.878 bits per heavy atom. The van der Waals surface area contributed by atoms with Gasteiger partial charge in [0.2, 0.25) is 0 Å². The van der Waals surface area contributed by atoms with Gasteiger partial charge in [0.25, 0.3) is 20.2 Å². The lowest BCUT2D eigenvalue weighted by molar-refractivity contribution is -0.0151. The lowest BCUT2D eigenvalue weighted by Crippen LogP contribution is -2.14. The molecular formula is C26H42O13S2. The zero-order valence-corrected chi connectivity index (χ0v) is 25.0. The molecule has 2 aromatic carbocycles. The Morgan fingerprint density at radius 1 is 0.463 bits per heavy atom. The monoisotopic (exact) mass is 626 g/mol. The van der Waals surface area contributed by atoms with E-state index in [1.165, 1.54) is 24.3 Å². The summed E-state index contributed by atoms with van der Waals surface area (Å²) in [6.07, 6.45) is 0. The van der Waals surface area contributed by atoms with Crippen LogP contribution in [0.1, 0.15) is 11.1 Å². The molecule has 41 heavy (non-hydrogen) atoms. The molecule has 0 saturated carbocycles. The smallest absolute Gasteiger partial charge is 0.294 e. The van der Waals surface area contributed by atoms with E-state index >= 15 is 0 Å². The molecule has 0 bridgehead atoms. The number of benzene rings is 2. The van der Waals surface area contributed by atoms with E-state index < -0.39 is 20.2 Å². The van der Waals surface area contributed by atoms with E-state index in [2.05, 4.69) is 0 Å². The molecule has 0 heterocycles. The van der Waals surface area contributed by atoms with Crippen LogP contribution in [0, 0.1) is 13.8 Å². The number of hydrogen-bond donors (Lipinski definition) is 4. The van der Waals surface area contributed by atoms with Crippen molar-refractivity contribution in [2.45, 2.75) is 23.6 Å². The van der Waals surface area contributed by atoms with Gasteiger partial charge in [0.15, 0.2) is 0 Å². The van der Waals surface area contributed by atoms with Gasteiger partial charge in [-0.25, -0.2) is 0 Å². The Morgan fingerprint density at radius 2 is 0.683 bits per heavy atom. The van der Waals surface area contributed by atoms with Crippen molar-refractivity contribution >= 4 is 20.2 Å². The molecule has 0 spiro atoms. The minimum Gasteiger partial charge on any atom is -0.394 e. The van der Waals surface area contributed by atoms with Crippen LogP contribution in [0.25, 0.3) is 0 Å². The Bertz CT molecular complexity index is 1020. The summed E-state index contributed by atoms with van der Waals surface area (Å²) in [5, 5.41) is 16.9. The Labute approximate surface area is 242 Å². The molecule has 4 N–H and O–H groups in total. The van der Waals surface area contributed by atoms with E-state index in [1.807, 2.05) is 13.8 Å². The van der Waals surface area contributed by atoms with Gasteiger partial charge in [0.05, 0.1) is 89.1 Å². The highest BCUT2D eigenvalue weighted by Crippen LogP contribution is 2.09. The summed E-state index contributed by atoms with van der Waals surface area (Å²) in [4.78, 5) is -0.133. The first kappa shape index (κ1) is 39.0. The summed E-state index contributed by atoms with van der Waals surface area (Å²) >= 11 is 0. The summed E-state index contributed by atoms with van der Waals surface area (Å²) < 4.78 is 84.9. The number of ether oxygens (including phenoxy) is 5. The summed E-state index contributed by atoms with van der Waals surface area (Å²) in [6, 6.07) is 12.0. The van der Waals surface area contributed by atoms with Crippen LogP contribution in [0.5, 0.6) is 0 Å². The van der Waals surface area contributed by atoms with Crippen molar-refractivity contribution in [2.24, 2.45) is 0 Å². The molecule has 0 amide bonds. The predicted octanol–water partition coefficient (Wildman–Crippen LogP) is 1.54. The Balaban J connectivity index is 0.000000621. The Hall–Kier alpha value is -2.02. The van der Waals surface area contributed by atoms with Gasteiger partial charge in [0.1, 0.15) is 0 Å². The van der Waals surface area contributed by atoms with Crippen LogP contribution in [0.2, 0.25) is 0 Å². The maximum absolute atomic E-state index is 10.5. The van der Waals surface area contributed by atoms with Gasteiger partial charge < -0.3 is 33.9 Å². The topological polar surface area (TPSA) is 195 Å². The zero-order valence-electron chi connectivity index (χ0n) is 23.4. The Kier molecular flexibility index (Phi) is 22.4. The predicted molar refractivity (Wildman–Crippen MR) is 150 cm³/mol. The highest BCUT2D eigenvalue weighted by Gasteiger charge is 2.07. The van der Waals surface area contributed by atoms with Crippen molar-refractivity contribution < 1.29 is 59.8 Å². The van der Waals surface area contributed by atoms with Crippen LogP contribution < -0.4 is 0 Å². The molecule has 0 aliphatic heterocycles. The number of aryl methyl sites for hydroxylation is 2. The van der Waals surface area contributed by atoms with E-state index in [0.29, 0.717) is 66.1 Å². The molecule has 0 saturated heterocycles. The molecule has 13 nitrogen and oxygen atoms in total.